The van der Waals surface area contributed by atoms with Crippen LogP contribution in [0.4, 0.5) is 15.0 Å². The van der Waals surface area contributed by atoms with Crippen LogP contribution < -0.4 is 25.4 Å². The first-order valence-corrected chi connectivity index (χ1v) is 16.2. The van der Waals surface area contributed by atoms with E-state index < -0.39 is 11.9 Å². The van der Waals surface area contributed by atoms with Gasteiger partial charge in [-0.3, -0.25) is 9.78 Å². The monoisotopic (exact) mass is 656 g/mol. The van der Waals surface area contributed by atoms with Crippen LogP contribution in [0.1, 0.15) is 48.9 Å². The van der Waals surface area contributed by atoms with E-state index in [1.54, 1.807) is 12.1 Å². The van der Waals surface area contributed by atoms with Crippen molar-refractivity contribution in [1.29, 1.82) is 0 Å². The van der Waals surface area contributed by atoms with E-state index in [4.69, 9.17) is 18.9 Å². The van der Waals surface area contributed by atoms with Crippen molar-refractivity contribution in [1.82, 2.24) is 25.6 Å². The number of benzene rings is 1. The third-order valence-electron chi connectivity index (χ3n) is 9.35. The van der Waals surface area contributed by atoms with E-state index >= 15 is 4.39 Å². The minimum Gasteiger partial charge on any atom is -0.480 e. The summed E-state index contributed by atoms with van der Waals surface area (Å²) in [5.41, 5.74) is 2.75. The molecule has 3 aliphatic heterocycles. The minimum absolute atomic E-state index is 0.000569. The van der Waals surface area contributed by atoms with Crippen LogP contribution in [0.2, 0.25) is 0 Å². The summed E-state index contributed by atoms with van der Waals surface area (Å²) in [6.07, 6.45) is 5.38. The smallest absolute Gasteiger partial charge is 0.407 e. The zero-order chi connectivity index (χ0) is 33.0. The van der Waals surface area contributed by atoms with Gasteiger partial charge in [-0.25, -0.2) is 19.2 Å². The van der Waals surface area contributed by atoms with Gasteiger partial charge in [-0.15, -0.1) is 0 Å². The van der Waals surface area contributed by atoms with E-state index in [2.05, 4.69) is 30.9 Å². The van der Waals surface area contributed by atoms with Crippen molar-refractivity contribution in [2.45, 2.75) is 62.8 Å². The fourth-order valence-corrected chi connectivity index (χ4v) is 6.53. The number of pyridine rings is 3. The number of amides is 2. The summed E-state index contributed by atoms with van der Waals surface area (Å²) in [6.45, 7) is 1.66. The molecule has 1 aromatic carbocycles. The van der Waals surface area contributed by atoms with E-state index in [1.165, 1.54) is 6.20 Å². The Labute approximate surface area is 276 Å². The van der Waals surface area contributed by atoms with Crippen LogP contribution in [0, 0.1) is 5.82 Å². The number of carbonyl (C=O) groups excluding carboxylic acids is 2. The molecule has 6 heterocycles. The fourth-order valence-electron chi connectivity index (χ4n) is 6.53. The lowest BCUT2D eigenvalue weighted by Crippen LogP contribution is -2.61. The average Bonchev–Trinajstić information content (AvgIpc) is 3.12. The maximum absolute atomic E-state index is 15.2. The molecule has 2 amide bonds. The van der Waals surface area contributed by atoms with Gasteiger partial charge >= 0.3 is 6.09 Å². The largest absolute Gasteiger partial charge is 0.480 e. The van der Waals surface area contributed by atoms with E-state index in [0.717, 1.165) is 36.9 Å². The van der Waals surface area contributed by atoms with Gasteiger partial charge in [0, 0.05) is 23.7 Å². The van der Waals surface area contributed by atoms with Crippen LogP contribution in [0.15, 0.2) is 60.8 Å². The molecule has 1 aliphatic carbocycles. The molecule has 0 unspecified atom stereocenters. The molecule has 2 saturated heterocycles. The lowest BCUT2D eigenvalue weighted by Gasteiger charge is -2.53. The molecular weight excluding hydrogens is 619 g/mol. The van der Waals surface area contributed by atoms with Crippen molar-refractivity contribution in [2.75, 3.05) is 31.7 Å². The van der Waals surface area contributed by atoms with Crippen LogP contribution in [-0.2, 0) is 33.8 Å². The highest BCUT2D eigenvalue weighted by molar-refractivity contribution is 5.94. The number of ether oxygens (including phenoxy) is 4. The molecule has 13 heteroatoms. The van der Waals surface area contributed by atoms with E-state index in [-0.39, 0.29) is 43.4 Å². The third-order valence-corrected chi connectivity index (χ3v) is 9.35. The number of nitrogens with zero attached hydrogens (tertiary/aromatic N) is 3. The SMILES string of the molecule is O=C1COc2ccc(CNC34CCC(CCc5c(F)cnc6ccc(OCCNC(=O)OCc7ccccc7)nc56)(CC3)OC4)nc2N1. The Kier molecular flexibility index (Phi) is 9.04. The summed E-state index contributed by atoms with van der Waals surface area (Å²) in [5.74, 6) is 0.718. The summed E-state index contributed by atoms with van der Waals surface area (Å²) >= 11 is 0. The summed E-state index contributed by atoms with van der Waals surface area (Å²) in [7, 11) is 0. The highest BCUT2D eigenvalue weighted by atomic mass is 19.1. The summed E-state index contributed by atoms with van der Waals surface area (Å²) in [6, 6.07) is 16.6. The molecule has 8 rings (SSSR count). The van der Waals surface area contributed by atoms with Gasteiger partial charge in [-0.2, -0.15) is 0 Å². The Bertz CT molecular complexity index is 1780. The Balaban J connectivity index is 0.910. The Morgan fingerprint density at radius 1 is 1.04 bits per heavy atom. The van der Waals surface area contributed by atoms with Crippen molar-refractivity contribution in [2.24, 2.45) is 0 Å². The predicted octanol–water partition coefficient (Wildman–Crippen LogP) is 4.60. The normalized spacial score (nSPS) is 21.2. The molecule has 1 saturated carbocycles. The Morgan fingerprint density at radius 3 is 2.71 bits per heavy atom. The highest BCUT2D eigenvalue weighted by Gasteiger charge is 2.49. The van der Waals surface area contributed by atoms with Gasteiger partial charge < -0.3 is 34.9 Å². The molecular formula is C35H37FN6O6. The molecule has 4 aromatic rings. The van der Waals surface area contributed by atoms with Crippen molar-refractivity contribution in [3.63, 3.8) is 0 Å². The quantitative estimate of drug-likeness (QED) is 0.185. The molecule has 2 bridgehead atoms. The van der Waals surface area contributed by atoms with Crippen molar-refractivity contribution in [3.05, 3.63) is 83.4 Å². The molecule has 0 atom stereocenters. The van der Waals surface area contributed by atoms with Crippen molar-refractivity contribution < 1.29 is 32.9 Å². The number of fused-ring (bicyclic) bond motifs is 5. The lowest BCUT2D eigenvalue weighted by molar-refractivity contribution is -0.165. The molecule has 48 heavy (non-hydrogen) atoms. The molecule has 12 nitrogen and oxygen atoms in total. The minimum atomic E-state index is -0.541. The predicted molar refractivity (Wildman–Crippen MR) is 173 cm³/mol. The van der Waals surface area contributed by atoms with Crippen LogP contribution in [0.5, 0.6) is 11.6 Å². The van der Waals surface area contributed by atoms with Crippen molar-refractivity contribution in [3.8, 4) is 11.6 Å². The summed E-state index contributed by atoms with van der Waals surface area (Å²) in [4.78, 5) is 37.1. The van der Waals surface area contributed by atoms with Gasteiger partial charge in [-0.1, -0.05) is 30.3 Å². The number of anilines is 1. The standard InChI is InChI=1S/C35H37FN6O6/c36-26-19-38-27-7-9-30(45-17-16-37-33(44)47-20-23-4-2-1-3-5-23)42-31(27)25(26)10-11-35-14-12-34(13-15-35,22-48-35)39-18-24-6-8-28-32(40-24)41-29(43)21-46-28/h1-9,19,39H,10-18,20-22H2,(H,37,44)(H,40,41,43). The molecule has 250 valence electrons. The lowest BCUT2D eigenvalue weighted by atomic mass is 9.69. The number of rotatable bonds is 12. The second kappa shape index (κ2) is 13.7. The first-order valence-electron chi connectivity index (χ1n) is 16.2. The zero-order valence-corrected chi connectivity index (χ0v) is 26.4. The topological polar surface area (TPSA) is 146 Å². The number of aryl methyl sites for hydroxylation is 1. The second-order valence-corrected chi connectivity index (χ2v) is 12.5. The molecule has 3 aromatic heterocycles. The van der Waals surface area contributed by atoms with Crippen LogP contribution >= 0.6 is 0 Å². The first-order chi connectivity index (χ1) is 23.4. The number of hydrogen-bond donors (Lipinski definition) is 3. The van der Waals surface area contributed by atoms with Crippen LogP contribution in [0.3, 0.4) is 0 Å². The first kappa shape index (κ1) is 31.7. The number of carbonyl (C=O) groups is 2. The fraction of sp³-hybridized carbons (Fsp3) is 0.400. The van der Waals surface area contributed by atoms with E-state index in [9.17, 15) is 9.59 Å². The number of alkyl carbamates (subject to hydrolysis) is 1. The molecule has 4 aliphatic rings. The number of hydrogen-bond acceptors (Lipinski definition) is 10. The number of halogens is 1. The summed E-state index contributed by atoms with van der Waals surface area (Å²) < 4.78 is 38.1. The third kappa shape index (κ3) is 7.16. The van der Waals surface area contributed by atoms with Crippen molar-refractivity contribution >= 4 is 28.9 Å². The number of nitrogens with one attached hydrogen (secondary N) is 3. The molecule has 0 radical (unpaired) electrons. The molecule has 3 fully saturated rings. The average molecular weight is 657 g/mol. The van der Waals surface area contributed by atoms with Gasteiger partial charge in [0.25, 0.3) is 5.91 Å². The maximum Gasteiger partial charge on any atom is 0.407 e. The second-order valence-electron chi connectivity index (χ2n) is 12.5. The van der Waals surface area contributed by atoms with Crippen LogP contribution in [0.25, 0.3) is 11.0 Å². The Hall–Kier alpha value is -4.88. The van der Waals surface area contributed by atoms with E-state index in [0.29, 0.717) is 60.0 Å². The molecule has 3 N–H and O–H groups in total. The van der Waals surface area contributed by atoms with Gasteiger partial charge in [0.15, 0.2) is 18.2 Å². The van der Waals surface area contributed by atoms with Gasteiger partial charge in [0.1, 0.15) is 19.0 Å². The zero-order valence-electron chi connectivity index (χ0n) is 26.4. The van der Waals surface area contributed by atoms with E-state index in [1.807, 2.05) is 42.5 Å². The highest BCUT2D eigenvalue weighted by Crippen LogP contribution is 2.46. The maximum atomic E-state index is 15.2. The Morgan fingerprint density at radius 2 is 1.90 bits per heavy atom. The summed E-state index contributed by atoms with van der Waals surface area (Å²) in [5, 5.41) is 9.08. The number of aromatic nitrogens is 3. The molecule has 0 spiro atoms. The van der Waals surface area contributed by atoms with Gasteiger partial charge in [-0.05, 0) is 62.3 Å². The van der Waals surface area contributed by atoms with Gasteiger partial charge in [0.2, 0.25) is 5.88 Å². The van der Waals surface area contributed by atoms with Crippen LogP contribution in [-0.4, -0.2) is 64.5 Å². The van der Waals surface area contributed by atoms with Gasteiger partial charge in [0.05, 0.1) is 41.7 Å².